The minimum Gasteiger partial charge on any atom is -0.351 e. The monoisotopic (exact) mass is 199 g/mol. The van der Waals surface area contributed by atoms with E-state index in [1.54, 1.807) is 0 Å². The highest BCUT2D eigenvalue weighted by Gasteiger charge is 2.29. The van der Waals surface area contributed by atoms with Gasteiger partial charge < -0.3 is 9.47 Å². The number of ether oxygens (including phenoxy) is 2. The predicted octanol–water partition coefficient (Wildman–Crippen LogP) is 1.62. The molecule has 2 fully saturated rings. The molecule has 0 N–H and O–H groups in total. The van der Waals surface area contributed by atoms with Gasteiger partial charge in [0.15, 0.2) is 6.29 Å². The molecule has 2 rings (SSSR count). The summed E-state index contributed by atoms with van der Waals surface area (Å²) in [4.78, 5) is 2.44. The molecule has 1 aliphatic carbocycles. The molecule has 0 aromatic heterocycles. The number of hydrogen-bond acceptors (Lipinski definition) is 3. The van der Waals surface area contributed by atoms with Crippen molar-refractivity contribution in [2.24, 2.45) is 0 Å². The van der Waals surface area contributed by atoms with E-state index in [2.05, 4.69) is 18.7 Å². The Labute approximate surface area is 86.4 Å². The fourth-order valence-corrected chi connectivity index (χ4v) is 1.79. The van der Waals surface area contributed by atoms with Gasteiger partial charge in [0.1, 0.15) is 0 Å². The molecule has 0 unspecified atom stereocenters. The van der Waals surface area contributed by atoms with Crippen LogP contribution in [0.2, 0.25) is 0 Å². The quantitative estimate of drug-likeness (QED) is 0.689. The topological polar surface area (TPSA) is 21.7 Å². The van der Waals surface area contributed by atoms with Crippen molar-refractivity contribution in [2.75, 3.05) is 19.7 Å². The van der Waals surface area contributed by atoms with Crippen molar-refractivity contribution in [1.29, 1.82) is 0 Å². The summed E-state index contributed by atoms with van der Waals surface area (Å²) in [6.07, 6.45) is 4.09. The van der Waals surface area contributed by atoms with E-state index in [1.807, 2.05) is 0 Å². The highest BCUT2D eigenvalue weighted by Crippen LogP contribution is 2.26. The van der Waals surface area contributed by atoms with E-state index < -0.39 is 0 Å². The van der Waals surface area contributed by atoms with Crippen LogP contribution in [0, 0.1) is 0 Å². The summed E-state index contributed by atoms with van der Waals surface area (Å²) in [7, 11) is 0. The van der Waals surface area contributed by atoms with Gasteiger partial charge in [-0.3, -0.25) is 4.90 Å². The maximum absolute atomic E-state index is 5.80. The third-order valence-corrected chi connectivity index (χ3v) is 2.88. The fraction of sp³-hybridized carbons (Fsp3) is 1.00. The zero-order valence-electron chi connectivity index (χ0n) is 9.24. The molecule has 0 radical (unpaired) electrons. The lowest BCUT2D eigenvalue weighted by molar-refractivity contribution is -0.150. The van der Waals surface area contributed by atoms with Crippen LogP contribution in [0.1, 0.15) is 33.1 Å². The number of rotatable bonds is 3. The summed E-state index contributed by atoms with van der Waals surface area (Å²) < 4.78 is 11.5. The first-order chi connectivity index (χ1) is 6.75. The fourth-order valence-electron chi connectivity index (χ4n) is 1.79. The molecule has 0 amide bonds. The van der Waals surface area contributed by atoms with Gasteiger partial charge >= 0.3 is 0 Å². The Kier molecular flexibility index (Phi) is 3.42. The Morgan fingerprint density at radius 2 is 2.14 bits per heavy atom. The zero-order chi connectivity index (χ0) is 9.97. The van der Waals surface area contributed by atoms with Crippen molar-refractivity contribution >= 4 is 0 Å². The highest BCUT2D eigenvalue weighted by atomic mass is 16.7. The van der Waals surface area contributed by atoms with E-state index in [1.165, 1.54) is 12.8 Å². The molecule has 14 heavy (non-hydrogen) atoms. The SMILES string of the molecule is CC(C)N1CCCO[C@@H](OC2CC2)C1. The molecule has 1 aliphatic heterocycles. The summed E-state index contributed by atoms with van der Waals surface area (Å²) in [6, 6.07) is 0.599. The van der Waals surface area contributed by atoms with Crippen LogP contribution < -0.4 is 0 Å². The van der Waals surface area contributed by atoms with E-state index >= 15 is 0 Å². The first kappa shape index (κ1) is 10.4. The molecule has 3 heteroatoms. The summed E-state index contributed by atoms with van der Waals surface area (Å²) in [6.45, 7) is 7.40. The van der Waals surface area contributed by atoms with E-state index in [0.717, 1.165) is 26.1 Å². The molecule has 0 spiro atoms. The molecule has 3 nitrogen and oxygen atoms in total. The lowest BCUT2D eigenvalue weighted by atomic mass is 10.3. The van der Waals surface area contributed by atoms with Gasteiger partial charge in [-0.2, -0.15) is 0 Å². The van der Waals surface area contributed by atoms with Crippen LogP contribution in [-0.4, -0.2) is 43.0 Å². The van der Waals surface area contributed by atoms with Crippen LogP contribution in [0.25, 0.3) is 0 Å². The smallest absolute Gasteiger partial charge is 0.170 e. The summed E-state index contributed by atoms with van der Waals surface area (Å²) in [5.74, 6) is 0. The van der Waals surface area contributed by atoms with Crippen LogP contribution in [0.15, 0.2) is 0 Å². The maximum Gasteiger partial charge on any atom is 0.170 e. The molecule has 0 aromatic carbocycles. The lowest BCUT2D eigenvalue weighted by Gasteiger charge is -2.27. The van der Waals surface area contributed by atoms with Gasteiger partial charge in [0.2, 0.25) is 0 Å². The second-order valence-electron chi connectivity index (χ2n) is 4.58. The summed E-state index contributed by atoms with van der Waals surface area (Å²) in [5.41, 5.74) is 0. The molecular formula is C11H21NO2. The van der Waals surface area contributed by atoms with Gasteiger partial charge in [-0.15, -0.1) is 0 Å². The van der Waals surface area contributed by atoms with Crippen molar-refractivity contribution in [2.45, 2.75) is 51.5 Å². The third-order valence-electron chi connectivity index (χ3n) is 2.88. The van der Waals surface area contributed by atoms with Gasteiger partial charge in [-0.25, -0.2) is 0 Å². The normalized spacial score (nSPS) is 30.6. The molecule has 1 atom stereocenters. The standard InChI is InChI=1S/C11H21NO2/c1-9(2)12-6-3-7-13-11(8-12)14-10-4-5-10/h9-11H,3-8H2,1-2H3/t11-/m0/s1. The Morgan fingerprint density at radius 1 is 1.36 bits per heavy atom. The molecule has 0 aromatic rings. The van der Waals surface area contributed by atoms with E-state index in [9.17, 15) is 0 Å². The van der Waals surface area contributed by atoms with Crippen LogP contribution in [0.3, 0.4) is 0 Å². The Hall–Kier alpha value is -0.120. The van der Waals surface area contributed by atoms with Gasteiger partial charge in [-0.1, -0.05) is 0 Å². The van der Waals surface area contributed by atoms with Crippen molar-refractivity contribution in [3.05, 3.63) is 0 Å². The maximum atomic E-state index is 5.80. The molecule has 2 aliphatic rings. The van der Waals surface area contributed by atoms with Crippen LogP contribution in [-0.2, 0) is 9.47 Å². The average Bonchev–Trinajstić information content (AvgIpc) is 2.92. The van der Waals surface area contributed by atoms with E-state index in [-0.39, 0.29) is 6.29 Å². The second-order valence-corrected chi connectivity index (χ2v) is 4.58. The largest absolute Gasteiger partial charge is 0.351 e. The highest BCUT2D eigenvalue weighted by molar-refractivity contribution is 4.76. The van der Waals surface area contributed by atoms with Crippen LogP contribution in [0.5, 0.6) is 0 Å². The first-order valence-electron chi connectivity index (χ1n) is 5.77. The molecule has 1 heterocycles. The second kappa shape index (κ2) is 4.60. The van der Waals surface area contributed by atoms with Crippen molar-refractivity contribution in [1.82, 2.24) is 4.90 Å². The lowest BCUT2D eigenvalue weighted by Crippen LogP contribution is -2.38. The average molecular weight is 199 g/mol. The first-order valence-corrected chi connectivity index (χ1v) is 5.77. The van der Waals surface area contributed by atoms with Crippen molar-refractivity contribution in [3.8, 4) is 0 Å². The molecule has 1 saturated heterocycles. The Morgan fingerprint density at radius 3 is 2.79 bits per heavy atom. The molecule has 0 bridgehead atoms. The zero-order valence-corrected chi connectivity index (χ0v) is 9.24. The van der Waals surface area contributed by atoms with Gasteiger partial charge in [0.05, 0.1) is 12.7 Å². The molecule has 1 saturated carbocycles. The number of nitrogens with zero attached hydrogens (tertiary/aromatic N) is 1. The summed E-state index contributed by atoms with van der Waals surface area (Å²) >= 11 is 0. The van der Waals surface area contributed by atoms with Gasteiger partial charge in [0.25, 0.3) is 0 Å². The van der Waals surface area contributed by atoms with Gasteiger partial charge in [0, 0.05) is 19.1 Å². The summed E-state index contributed by atoms with van der Waals surface area (Å²) in [5, 5.41) is 0. The predicted molar refractivity (Wildman–Crippen MR) is 55.2 cm³/mol. The third kappa shape index (κ3) is 2.94. The van der Waals surface area contributed by atoms with Crippen molar-refractivity contribution in [3.63, 3.8) is 0 Å². The van der Waals surface area contributed by atoms with E-state index in [4.69, 9.17) is 9.47 Å². The Bertz CT molecular complexity index is 180. The minimum atomic E-state index is 0.0207. The van der Waals surface area contributed by atoms with E-state index in [0.29, 0.717) is 12.1 Å². The van der Waals surface area contributed by atoms with Crippen LogP contribution >= 0.6 is 0 Å². The molecular weight excluding hydrogens is 178 g/mol. The minimum absolute atomic E-state index is 0.0207. The van der Waals surface area contributed by atoms with Crippen LogP contribution in [0.4, 0.5) is 0 Å². The van der Waals surface area contributed by atoms with Crippen molar-refractivity contribution < 1.29 is 9.47 Å². The Balaban J connectivity index is 1.82. The number of hydrogen-bond donors (Lipinski definition) is 0. The van der Waals surface area contributed by atoms with Gasteiger partial charge in [-0.05, 0) is 33.1 Å². The molecule has 82 valence electrons.